The summed E-state index contributed by atoms with van der Waals surface area (Å²) in [6.07, 6.45) is 1.53. The normalized spacial score (nSPS) is 14.7. The van der Waals surface area contributed by atoms with Crippen LogP contribution in [0, 0.1) is 17.0 Å². The molecule has 3 rings (SSSR count). The molecule has 0 saturated heterocycles. The largest absolute Gasteiger partial charge is 0.497 e. The van der Waals surface area contributed by atoms with Gasteiger partial charge in [-0.05, 0) is 36.8 Å². The number of esters is 1. The first-order chi connectivity index (χ1) is 12.9. The maximum atomic E-state index is 12.2. The lowest BCUT2D eigenvalue weighted by molar-refractivity contribution is -0.385. The number of nitro benzene ring substituents is 1. The predicted octanol–water partition coefficient (Wildman–Crippen LogP) is 3.26. The summed E-state index contributed by atoms with van der Waals surface area (Å²) < 4.78 is 15.6. The fourth-order valence-electron chi connectivity index (χ4n) is 2.65. The summed E-state index contributed by atoms with van der Waals surface area (Å²) in [5.74, 6) is 0.512. The van der Waals surface area contributed by atoms with Crippen LogP contribution in [0.3, 0.4) is 0 Å². The van der Waals surface area contributed by atoms with Crippen LogP contribution in [0.1, 0.15) is 16.7 Å². The van der Waals surface area contributed by atoms with Crippen molar-refractivity contribution >= 4 is 23.6 Å². The third-order valence-corrected chi connectivity index (χ3v) is 4.03. The van der Waals surface area contributed by atoms with Gasteiger partial charge in [-0.2, -0.15) is 0 Å². The number of methoxy groups -OCH3 is 2. The van der Waals surface area contributed by atoms with E-state index >= 15 is 0 Å². The summed E-state index contributed by atoms with van der Waals surface area (Å²) in [4.78, 5) is 27.0. The highest BCUT2D eigenvalue weighted by molar-refractivity contribution is 6.13. The minimum atomic E-state index is -0.641. The van der Waals surface area contributed by atoms with Crippen molar-refractivity contribution in [2.24, 2.45) is 4.99 Å². The summed E-state index contributed by atoms with van der Waals surface area (Å²) in [5, 5.41) is 11.1. The fourth-order valence-corrected chi connectivity index (χ4v) is 2.65. The Morgan fingerprint density at radius 3 is 2.41 bits per heavy atom. The molecule has 2 aromatic rings. The van der Waals surface area contributed by atoms with Crippen molar-refractivity contribution in [3.8, 4) is 11.5 Å². The second-order valence-corrected chi connectivity index (χ2v) is 5.69. The Labute approximate surface area is 154 Å². The number of aliphatic imine (C=N–C) groups is 1. The number of benzene rings is 2. The van der Waals surface area contributed by atoms with E-state index in [2.05, 4.69) is 4.99 Å². The van der Waals surface area contributed by atoms with E-state index < -0.39 is 10.9 Å². The number of hydrogen-bond donors (Lipinski definition) is 0. The molecule has 8 nitrogen and oxygen atoms in total. The maximum Gasteiger partial charge on any atom is 0.363 e. The van der Waals surface area contributed by atoms with Crippen molar-refractivity contribution in [2.75, 3.05) is 14.2 Å². The zero-order chi connectivity index (χ0) is 19.6. The van der Waals surface area contributed by atoms with Crippen molar-refractivity contribution < 1.29 is 23.9 Å². The second-order valence-electron chi connectivity index (χ2n) is 5.69. The molecule has 0 aromatic heterocycles. The Bertz CT molecular complexity index is 971. The number of hydrogen-bond acceptors (Lipinski definition) is 7. The second kappa shape index (κ2) is 7.28. The highest BCUT2D eigenvalue weighted by Gasteiger charge is 2.27. The SMILES string of the molecule is COc1cc(/C=C2\N=C(c3cccc([N+](=O)[O-])c3C)OC2=O)cc(OC)c1. The van der Waals surface area contributed by atoms with Crippen molar-refractivity contribution in [2.45, 2.75) is 6.92 Å². The Morgan fingerprint density at radius 1 is 1.15 bits per heavy atom. The molecule has 0 radical (unpaired) electrons. The van der Waals surface area contributed by atoms with Crippen LogP contribution in [0.4, 0.5) is 5.69 Å². The van der Waals surface area contributed by atoms with E-state index in [1.165, 1.54) is 32.4 Å². The van der Waals surface area contributed by atoms with Gasteiger partial charge in [0.2, 0.25) is 5.90 Å². The van der Waals surface area contributed by atoms with Gasteiger partial charge >= 0.3 is 5.97 Å². The number of nitro groups is 1. The van der Waals surface area contributed by atoms with E-state index in [0.29, 0.717) is 28.2 Å². The lowest BCUT2D eigenvalue weighted by Gasteiger charge is -2.05. The molecular weight excluding hydrogens is 352 g/mol. The van der Waals surface area contributed by atoms with Crippen LogP contribution in [0.25, 0.3) is 6.08 Å². The smallest absolute Gasteiger partial charge is 0.363 e. The molecule has 1 aliphatic heterocycles. The maximum absolute atomic E-state index is 12.2. The number of carbonyl (C=O) groups excluding carboxylic acids is 1. The molecule has 2 aromatic carbocycles. The van der Waals surface area contributed by atoms with Gasteiger partial charge in [0.1, 0.15) is 11.5 Å². The predicted molar refractivity (Wildman–Crippen MR) is 98.0 cm³/mol. The molecule has 8 heteroatoms. The molecule has 138 valence electrons. The molecule has 0 fully saturated rings. The molecule has 0 unspecified atom stereocenters. The highest BCUT2D eigenvalue weighted by Crippen LogP contribution is 2.28. The molecule has 0 spiro atoms. The number of carbonyl (C=O) groups is 1. The van der Waals surface area contributed by atoms with Crippen molar-refractivity contribution in [3.63, 3.8) is 0 Å². The fraction of sp³-hybridized carbons (Fsp3) is 0.158. The average molecular weight is 368 g/mol. The van der Waals surface area contributed by atoms with E-state index in [1.54, 1.807) is 31.2 Å². The van der Waals surface area contributed by atoms with E-state index in [1.807, 2.05) is 0 Å². The lowest BCUT2D eigenvalue weighted by Crippen LogP contribution is -2.08. The average Bonchev–Trinajstić information content (AvgIpc) is 3.01. The summed E-state index contributed by atoms with van der Waals surface area (Å²) in [6.45, 7) is 1.58. The van der Waals surface area contributed by atoms with Gasteiger partial charge in [0.25, 0.3) is 5.69 Å². The van der Waals surface area contributed by atoms with Crippen molar-refractivity contribution in [1.29, 1.82) is 0 Å². The third kappa shape index (κ3) is 3.64. The Kier molecular flexibility index (Phi) is 4.89. The lowest BCUT2D eigenvalue weighted by atomic mass is 10.1. The van der Waals surface area contributed by atoms with Crippen molar-refractivity contribution in [3.05, 3.63) is 68.9 Å². The third-order valence-electron chi connectivity index (χ3n) is 4.03. The van der Waals surface area contributed by atoms with E-state index in [0.717, 1.165) is 0 Å². The number of cyclic esters (lactones) is 1. The summed E-state index contributed by atoms with van der Waals surface area (Å²) in [6, 6.07) is 9.66. The van der Waals surface area contributed by atoms with Crippen LogP contribution in [0.5, 0.6) is 11.5 Å². The molecule has 27 heavy (non-hydrogen) atoms. The van der Waals surface area contributed by atoms with Crippen LogP contribution < -0.4 is 9.47 Å². The molecular formula is C19H16N2O6. The van der Waals surface area contributed by atoms with E-state index in [9.17, 15) is 14.9 Å². The molecule has 0 saturated carbocycles. The zero-order valence-electron chi connectivity index (χ0n) is 14.9. The minimum Gasteiger partial charge on any atom is -0.497 e. The highest BCUT2D eigenvalue weighted by atomic mass is 16.6. The summed E-state index contributed by atoms with van der Waals surface area (Å²) in [7, 11) is 3.05. The topological polar surface area (TPSA) is 100 Å². The molecule has 0 aliphatic carbocycles. The summed E-state index contributed by atoms with van der Waals surface area (Å²) >= 11 is 0. The van der Waals surface area contributed by atoms with Gasteiger partial charge in [0, 0.05) is 23.3 Å². The Morgan fingerprint density at radius 2 is 1.81 bits per heavy atom. The van der Waals surface area contributed by atoms with Gasteiger partial charge in [-0.15, -0.1) is 0 Å². The van der Waals surface area contributed by atoms with Crippen LogP contribution in [-0.2, 0) is 9.53 Å². The zero-order valence-corrected chi connectivity index (χ0v) is 14.9. The van der Waals surface area contributed by atoms with Crippen LogP contribution in [0.15, 0.2) is 47.1 Å². The standard InChI is InChI=1S/C19H16N2O6/c1-11-15(5-4-6-17(11)21(23)24)18-20-16(19(22)27-18)9-12-7-13(25-2)10-14(8-12)26-3/h4-10H,1-3H3/b16-9-. The first-order valence-corrected chi connectivity index (χ1v) is 7.93. The van der Waals surface area contributed by atoms with Gasteiger partial charge in [0.15, 0.2) is 5.70 Å². The van der Waals surface area contributed by atoms with Gasteiger partial charge in [0.05, 0.1) is 19.1 Å². The van der Waals surface area contributed by atoms with E-state index in [4.69, 9.17) is 14.2 Å². The minimum absolute atomic E-state index is 0.0299. The molecule has 1 aliphatic rings. The van der Waals surface area contributed by atoms with Gasteiger partial charge < -0.3 is 14.2 Å². The van der Waals surface area contributed by atoms with Gasteiger partial charge in [-0.3, -0.25) is 10.1 Å². The van der Waals surface area contributed by atoms with Crippen LogP contribution in [-0.4, -0.2) is 31.0 Å². The Hall–Kier alpha value is -3.68. The van der Waals surface area contributed by atoms with Crippen molar-refractivity contribution in [1.82, 2.24) is 0 Å². The molecule has 0 amide bonds. The molecule has 0 N–H and O–H groups in total. The molecule has 0 atom stereocenters. The van der Waals surface area contributed by atoms with Crippen LogP contribution in [0.2, 0.25) is 0 Å². The van der Waals surface area contributed by atoms with E-state index in [-0.39, 0.29) is 17.3 Å². The molecule has 0 bridgehead atoms. The Balaban J connectivity index is 2.02. The summed E-state index contributed by atoms with van der Waals surface area (Å²) in [5.41, 5.74) is 1.41. The first kappa shape index (κ1) is 18.1. The number of rotatable bonds is 5. The first-order valence-electron chi connectivity index (χ1n) is 7.93. The monoisotopic (exact) mass is 368 g/mol. The number of nitrogens with zero attached hydrogens (tertiary/aromatic N) is 2. The molecule has 1 heterocycles. The van der Waals surface area contributed by atoms with Gasteiger partial charge in [-0.1, -0.05) is 6.07 Å². The van der Waals surface area contributed by atoms with Crippen LogP contribution >= 0.6 is 0 Å². The quantitative estimate of drug-likeness (QED) is 0.347. The number of ether oxygens (including phenoxy) is 3. The van der Waals surface area contributed by atoms with Gasteiger partial charge in [-0.25, -0.2) is 9.79 Å².